The van der Waals surface area contributed by atoms with Gasteiger partial charge in [0, 0.05) is 38.9 Å². The molecule has 0 bridgehead atoms. The molecule has 11 nitrogen and oxygen atoms in total. The van der Waals surface area contributed by atoms with Crippen LogP contribution < -0.4 is 19.9 Å². The summed E-state index contributed by atoms with van der Waals surface area (Å²) in [5, 5.41) is 22.6. The van der Waals surface area contributed by atoms with Gasteiger partial charge in [0.05, 0.1) is 12.6 Å². The number of hydrogen-bond donors (Lipinski definition) is 3. The molecular formula is C28H35FN6O5. The van der Waals surface area contributed by atoms with Crippen molar-refractivity contribution in [3.63, 3.8) is 0 Å². The van der Waals surface area contributed by atoms with E-state index < -0.39 is 18.2 Å². The Morgan fingerprint density at radius 2 is 1.93 bits per heavy atom. The highest BCUT2D eigenvalue weighted by Crippen LogP contribution is 2.22. The number of β-amino-alcohol motifs (C(OH)–C–C–N with tert-alkyl or cyclic N) is 1. The van der Waals surface area contributed by atoms with Gasteiger partial charge in [0.25, 0.3) is 0 Å². The third-order valence-corrected chi connectivity index (χ3v) is 6.42. The first kappa shape index (κ1) is 29.0. The van der Waals surface area contributed by atoms with E-state index in [1.54, 1.807) is 31.2 Å². The van der Waals surface area contributed by atoms with Gasteiger partial charge in [-0.2, -0.15) is 15.0 Å². The molecule has 2 atom stereocenters. The van der Waals surface area contributed by atoms with Crippen molar-refractivity contribution >= 4 is 29.5 Å². The summed E-state index contributed by atoms with van der Waals surface area (Å²) in [7, 11) is 1.85. The first-order chi connectivity index (χ1) is 19.3. The molecule has 2 aromatic carbocycles. The lowest BCUT2D eigenvalue weighted by Gasteiger charge is -2.30. The van der Waals surface area contributed by atoms with E-state index in [0.717, 1.165) is 24.9 Å². The first-order valence-electron chi connectivity index (χ1n) is 13.3. The smallest absolute Gasteiger partial charge is 0.333 e. The summed E-state index contributed by atoms with van der Waals surface area (Å²) in [5.41, 5.74) is 1.47. The van der Waals surface area contributed by atoms with Crippen LogP contribution >= 0.6 is 0 Å². The van der Waals surface area contributed by atoms with Crippen LogP contribution in [0.25, 0.3) is 0 Å². The number of aliphatic hydroxyl groups is 1. The van der Waals surface area contributed by atoms with Gasteiger partial charge in [-0.3, -0.25) is 0 Å². The van der Waals surface area contributed by atoms with Gasteiger partial charge in [0.1, 0.15) is 18.2 Å². The largest absolute Gasteiger partial charge is 0.492 e. The lowest BCUT2D eigenvalue weighted by molar-refractivity contribution is -0.149. The summed E-state index contributed by atoms with van der Waals surface area (Å²) in [5.74, 6) is 0.501. The molecule has 40 heavy (non-hydrogen) atoms. The molecule has 1 aliphatic heterocycles. The van der Waals surface area contributed by atoms with Crippen molar-refractivity contribution in [2.24, 2.45) is 0 Å². The summed E-state index contributed by atoms with van der Waals surface area (Å²) < 4.78 is 24.5. The number of ether oxygens (including phenoxy) is 2. The predicted molar refractivity (Wildman–Crippen MR) is 149 cm³/mol. The summed E-state index contributed by atoms with van der Waals surface area (Å²) in [4.78, 5) is 28.9. The van der Waals surface area contributed by atoms with Crippen molar-refractivity contribution in [2.45, 2.75) is 38.4 Å². The normalized spacial score (nSPS) is 15.9. The molecule has 214 valence electrons. The number of carboxylic acids is 1. The van der Waals surface area contributed by atoms with Gasteiger partial charge in [0.2, 0.25) is 17.8 Å². The van der Waals surface area contributed by atoms with E-state index in [4.69, 9.17) is 9.47 Å². The second-order valence-corrected chi connectivity index (χ2v) is 9.53. The van der Waals surface area contributed by atoms with E-state index in [9.17, 15) is 19.4 Å². The minimum Gasteiger partial charge on any atom is -0.492 e. The van der Waals surface area contributed by atoms with Crippen molar-refractivity contribution in [1.29, 1.82) is 0 Å². The van der Waals surface area contributed by atoms with Crippen LogP contribution in [-0.4, -0.2) is 83.2 Å². The number of anilines is 4. The zero-order valence-electron chi connectivity index (χ0n) is 22.7. The molecule has 0 saturated carbocycles. The minimum absolute atomic E-state index is 0.274. The number of likely N-dealkylation sites (N-methyl/N-ethyl adjacent to an activating group) is 1. The second-order valence-electron chi connectivity index (χ2n) is 9.53. The molecule has 3 aromatic rings. The Morgan fingerprint density at radius 1 is 1.18 bits per heavy atom. The van der Waals surface area contributed by atoms with Crippen LogP contribution in [0.1, 0.15) is 25.3 Å². The van der Waals surface area contributed by atoms with Gasteiger partial charge in [0.15, 0.2) is 6.10 Å². The van der Waals surface area contributed by atoms with Gasteiger partial charge >= 0.3 is 5.97 Å². The Bertz CT molecular complexity index is 1250. The van der Waals surface area contributed by atoms with E-state index in [2.05, 4.69) is 20.3 Å². The molecule has 4 rings (SSSR count). The summed E-state index contributed by atoms with van der Waals surface area (Å²) >= 11 is 0. The number of piperidine rings is 1. The minimum atomic E-state index is -0.987. The third-order valence-electron chi connectivity index (χ3n) is 6.42. The summed E-state index contributed by atoms with van der Waals surface area (Å²) in [6, 6.07) is 13.2. The first-order valence-corrected chi connectivity index (χ1v) is 13.3. The zero-order chi connectivity index (χ0) is 28.5. The summed E-state index contributed by atoms with van der Waals surface area (Å²) in [6.45, 7) is 4.06. The van der Waals surface area contributed by atoms with Crippen LogP contribution in [0.15, 0.2) is 48.5 Å². The van der Waals surface area contributed by atoms with Crippen LogP contribution in [-0.2, 0) is 16.0 Å². The topological polar surface area (TPSA) is 133 Å². The predicted octanol–water partition coefficient (Wildman–Crippen LogP) is 3.26. The van der Waals surface area contributed by atoms with E-state index in [1.165, 1.54) is 12.1 Å². The molecule has 12 heteroatoms. The van der Waals surface area contributed by atoms with Crippen LogP contribution in [0.5, 0.6) is 5.75 Å². The number of carboxylic acid groups (broad SMARTS) is 1. The third kappa shape index (κ3) is 8.23. The Morgan fingerprint density at radius 3 is 2.60 bits per heavy atom. The Labute approximate surface area is 232 Å². The van der Waals surface area contributed by atoms with Crippen molar-refractivity contribution < 1.29 is 28.9 Å². The number of benzene rings is 2. The lowest BCUT2D eigenvalue weighted by Crippen LogP contribution is -2.39. The van der Waals surface area contributed by atoms with Crippen molar-refractivity contribution in [2.75, 3.05) is 55.0 Å². The van der Waals surface area contributed by atoms with Crippen LogP contribution in [0.2, 0.25) is 0 Å². The highest BCUT2D eigenvalue weighted by Gasteiger charge is 2.22. The second kappa shape index (κ2) is 13.9. The maximum Gasteiger partial charge on any atom is 0.333 e. The van der Waals surface area contributed by atoms with E-state index in [1.807, 2.05) is 29.0 Å². The molecule has 0 aliphatic carbocycles. The molecule has 3 N–H and O–H groups in total. The Kier molecular flexibility index (Phi) is 10.0. The maximum absolute atomic E-state index is 13.4. The van der Waals surface area contributed by atoms with Gasteiger partial charge < -0.3 is 34.8 Å². The molecular weight excluding hydrogens is 519 g/mol. The number of aliphatic carboxylic acids is 1. The number of nitrogens with one attached hydrogen (secondary N) is 1. The zero-order valence-corrected chi connectivity index (χ0v) is 22.7. The molecule has 0 amide bonds. The Hall–Kier alpha value is -4.03. The van der Waals surface area contributed by atoms with Gasteiger partial charge in [-0.15, -0.1) is 0 Å². The van der Waals surface area contributed by atoms with Crippen molar-refractivity contribution in [3.8, 4) is 5.75 Å². The quantitative estimate of drug-likeness (QED) is 0.287. The molecule has 2 unspecified atom stereocenters. The fraction of sp³-hybridized carbons (Fsp3) is 0.429. The van der Waals surface area contributed by atoms with Gasteiger partial charge in [-0.1, -0.05) is 12.1 Å². The molecule has 1 saturated heterocycles. The van der Waals surface area contributed by atoms with Gasteiger partial charge in [-0.05, 0) is 61.7 Å². The number of carbonyl (C=O) groups is 1. The SMILES string of the molecule is CCOC(Cc1ccc(OCCN(C)c2nc(Nc3ccc(F)cc3)nc(N3CCCC(O)C3)n2)cc1)C(=O)O. The fourth-order valence-corrected chi connectivity index (χ4v) is 4.28. The number of aliphatic hydroxyl groups excluding tert-OH is 1. The van der Waals surface area contributed by atoms with Crippen molar-refractivity contribution in [1.82, 2.24) is 15.0 Å². The van der Waals surface area contributed by atoms with E-state index in [-0.39, 0.29) is 12.2 Å². The number of halogens is 1. The Balaban J connectivity index is 1.41. The number of aromatic nitrogens is 3. The molecule has 1 fully saturated rings. The number of rotatable bonds is 13. The fourth-order valence-electron chi connectivity index (χ4n) is 4.28. The molecule has 1 aromatic heterocycles. The maximum atomic E-state index is 13.4. The highest BCUT2D eigenvalue weighted by atomic mass is 19.1. The monoisotopic (exact) mass is 554 g/mol. The van der Waals surface area contributed by atoms with Crippen LogP contribution in [0, 0.1) is 5.82 Å². The average molecular weight is 555 g/mol. The molecule has 1 aliphatic rings. The lowest BCUT2D eigenvalue weighted by atomic mass is 10.1. The van der Waals surface area contributed by atoms with E-state index in [0.29, 0.717) is 55.6 Å². The van der Waals surface area contributed by atoms with E-state index >= 15 is 0 Å². The molecule has 0 radical (unpaired) electrons. The standard InChI is InChI=1S/C28H35FN6O5/c1-3-39-24(25(37)38)17-19-6-12-23(13-7-19)40-16-15-34(2)27-31-26(30-21-10-8-20(29)9-11-21)32-28(33-27)35-14-4-5-22(36)18-35/h6-13,22,24,36H,3-5,14-18H2,1-2H3,(H,37,38)(H,30,31,32,33). The van der Waals surface area contributed by atoms with Crippen LogP contribution in [0.4, 0.5) is 27.9 Å². The van der Waals surface area contributed by atoms with Gasteiger partial charge in [-0.25, -0.2) is 9.18 Å². The van der Waals surface area contributed by atoms with Crippen LogP contribution in [0.3, 0.4) is 0 Å². The highest BCUT2D eigenvalue weighted by molar-refractivity contribution is 5.72. The number of hydrogen-bond acceptors (Lipinski definition) is 10. The molecule has 0 spiro atoms. The number of nitrogens with zero attached hydrogens (tertiary/aromatic N) is 5. The molecule has 2 heterocycles. The average Bonchev–Trinajstić information content (AvgIpc) is 2.94. The summed E-state index contributed by atoms with van der Waals surface area (Å²) in [6.07, 6.45) is 0.505. The van der Waals surface area contributed by atoms with Crippen molar-refractivity contribution in [3.05, 3.63) is 59.9 Å².